The van der Waals surface area contributed by atoms with Crippen LogP contribution in [0, 0.1) is 0 Å². The van der Waals surface area contributed by atoms with E-state index in [0.29, 0.717) is 5.56 Å². The molecular formula is C17H10BrF3O4. The molecule has 1 atom stereocenters. The molecule has 3 rings (SSSR count). The summed E-state index contributed by atoms with van der Waals surface area (Å²) in [4.78, 5) is 24.3. The van der Waals surface area contributed by atoms with Crippen LogP contribution in [0.25, 0.3) is 5.76 Å². The molecular weight excluding hydrogens is 405 g/mol. The first-order chi connectivity index (χ1) is 11.5. The molecule has 0 radical (unpaired) electrons. The fourth-order valence-electron chi connectivity index (χ4n) is 2.46. The van der Waals surface area contributed by atoms with Gasteiger partial charge in [-0.2, -0.15) is 13.2 Å². The maximum Gasteiger partial charge on any atom is 0.416 e. The summed E-state index contributed by atoms with van der Waals surface area (Å²) in [5, 5.41) is 10.0. The molecule has 25 heavy (non-hydrogen) atoms. The molecule has 0 saturated carbocycles. The number of ether oxygens (including phenoxy) is 1. The molecule has 1 N–H and O–H groups in total. The van der Waals surface area contributed by atoms with Crippen molar-refractivity contribution in [3.8, 4) is 0 Å². The maximum absolute atomic E-state index is 12.6. The quantitative estimate of drug-likeness (QED) is 0.714. The Morgan fingerprint density at radius 2 is 1.72 bits per heavy atom. The smallest absolute Gasteiger partial charge is 0.416 e. The normalized spacial score (nSPS) is 23.8. The number of carbonyl (C=O) groups is 2. The molecule has 1 aliphatic heterocycles. The Labute approximate surface area is 148 Å². The van der Waals surface area contributed by atoms with Gasteiger partial charge in [-0.05, 0) is 41.1 Å². The molecule has 0 amide bonds. The lowest BCUT2D eigenvalue weighted by Crippen LogP contribution is -2.48. The van der Waals surface area contributed by atoms with Crippen LogP contribution in [0.15, 0.2) is 52.2 Å². The van der Waals surface area contributed by atoms with Crippen LogP contribution in [-0.2, 0) is 20.5 Å². The minimum absolute atomic E-state index is 0.00365. The van der Waals surface area contributed by atoms with Gasteiger partial charge in [0.15, 0.2) is 5.60 Å². The van der Waals surface area contributed by atoms with Crippen LogP contribution in [0.2, 0.25) is 0 Å². The number of aliphatic hydroxyl groups is 1. The third-order valence-corrected chi connectivity index (χ3v) is 4.72. The third kappa shape index (κ3) is 2.85. The lowest BCUT2D eigenvalue weighted by atomic mass is 9.80. The summed E-state index contributed by atoms with van der Waals surface area (Å²) in [6, 6.07) is 4.27. The summed E-state index contributed by atoms with van der Waals surface area (Å²) in [6.07, 6.45) is -2.01. The third-order valence-electron chi connectivity index (χ3n) is 3.93. The summed E-state index contributed by atoms with van der Waals surface area (Å²) in [7, 11) is 0. The van der Waals surface area contributed by atoms with Crippen molar-refractivity contribution in [2.45, 2.75) is 18.7 Å². The monoisotopic (exact) mass is 414 g/mol. The zero-order chi connectivity index (χ0) is 18.6. The molecule has 130 valence electrons. The van der Waals surface area contributed by atoms with Gasteiger partial charge in [0.25, 0.3) is 0 Å². The second kappa shape index (κ2) is 5.67. The van der Waals surface area contributed by atoms with Crippen LogP contribution in [0.3, 0.4) is 0 Å². The van der Waals surface area contributed by atoms with E-state index in [1.807, 2.05) is 0 Å². The minimum atomic E-state index is -4.45. The lowest BCUT2D eigenvalue weighted by molar-refractivity contribution is -0.144. The van der Waals surface area contributed by atoms with Gasteiger partial charge in [-0.1, -0.05) is 12.1 Å². The van der Waals surface area contributed by atoms with Crippen LogP contribution in [0.1, 0.15) is 18.1 Å². The van der Waals surface area contributed by atoms with E-state index < -0.39 is 28.9 Å². The van der Waals surface area contributed by atoms with E-state index in [-0.39, 0.29) is 21.4 Å². The van der Waals surface area contributed by atoms with Gasteiger partial charge < -0.3 is 9.84 Å². The van der Waals surface area contributed by atoms with Gasteiger partial charge in [0, 0.05) is 11.1 Å². The molecule has 0 aromatic heterocycles. The SMILES string of the molecule is CC1(O)C(=O)C2=COC(c3ccc(C(F)(F)F)cc3)=CC2=C(Br)C1=O. The molecule has 0 bridgehead atoms. The average molecular weight is 415 g/mol. The number of hydrogen-bond donors (Lipinski definition) is 1. The summed E-state index contributed by atoms with van der Waals surface area (Å²) >= 11 is 3.06. The Kier molecular flexibility index (Phi) is 4.00. The predicted octanol–water partition coefficient (Wildman–Crippen LogP) is 3.51. The molecule has 1 aromatic carbocycles. The number of ketones is 2. The Balaban J connectivity index is 2.02. The maximum atomic E-state index is 12.6. The molecule has 4 nitrogen and oxygen atoms in total. The van der Waals surface area contributed by atoms with Gasteiger partial charge in [-0.3, -0.25) is 9.59 Å². The number of alkyl halides is 3. The van der Waals surface area contributed by atoms with Crippen molar-refractivity contribution in [1.29, 1.82) is 0 Å². The molecule has 0 spiro atoms. The standard InChI is InChI=1S/C17H10BrF3O4/c1-16(24)14(22)11-7-25-12(6-10(11)13(18)15(16)23)8-2-4-9(5-3-8)17(19,20)21/h2-7,24H,1H3. The summed E-state index contributed by atoms with van der Waals surface area (Å²) in [5.41, 5.74) is -2.44. The second-order valence-corrected chi connectivity index (χ2v) is 6.48. The van der Waals surface area contributed by atoms with E-state index in [9.17, 15) is 27.9 Å². The second-order valence-electron chi connectivity index (χ2n) is 5.69. The highest BCUT2D eigenvalue weighted by Crippen LogP contribution is 2.39. The summed E-state index contributed by atoms with van der Waals surface area (Å²) in [5.74, 6) is -1.43. The first-order valence-electron chi connectivity index (χ1n) is 7.02. The molecule has 0 fully saturated rings. The van der Waals surface area contributed by atoms with Crippen molar-refractivity contribution in [2.75, 3.05) is 0 Å². The van der Waals surface area contributed by atoms with E-state index in [2.05, 4.69) is 15.9 Å². The van der Waals surface area contributed by atoms with E-state index >= 15 is 0 Å². The molecule has 1 unspecified atom stereocenters. The van der Waals surface area contributed by atoms with Crippen molar-refractivity contribution >= 4 is 33.3 Å². The number of fused-ring (bicyclic) bond motifs is 1. The molecule has 1 heterocycles. The van der Waals surface area contributed by atoms with E-state index in [0.717, 1.165) is 25.3 Å². The minimum Gasteiger partial charge on any atom is -0.464 e. The van der Waals surface area contributed by atoms with Crippen LogP contribution in [0.4, 0.5) is 13.2 Å². The number of rotatable bonds is 1. The first-order valence-corrected chi connectivity index (χ1v) is 7.81. The van der Waals surface area contributed by atoms with Gasteiger partial charge >= 0.3 is 6.18 Å². The van der Waals surface area contributed by atoms with Gasteiger partial charge in [-0.15, -0.1) is 0 Å². The first kappa shape index (κ1) is 17.6. The number of Topliss-reactive ketones (excluding diaryl/α,β-unsaturated/α-hetero) is 2. The zero-order valence-corrected chi connectivity index (χ0v) is 14.2. The lowest BCUT2D eigenvalue weighted by Gasteiger charge is -2.29. The Morgan fingerprint density at radius 1 is 1.12 bits per heavy atom. The van der Waals surface area contributed by atoms with Crippen molar-refractivity contribution in [3.05, 3.63) is 63.4 Å². The highest BCUT2D eigenvalue weighted by molar-refractivity contribution is 9.12. The van der Waals surface area contributed by atoms with Crippen molar-refractivity contribution in [1.82, 2.24) is 0 Å². The highest BCUT2D eigenvalue weighted by atomic mass is 79.9. The predicted molar refractivity (Wildman–Crippen MR) is 85.2 cm³/mol. The van der Waals surface area contributed by atoms with Crippen LogP contribution >= 0.6 is 15.9 Å². The Hall–Kier alpha value is -2.19. The number of halogens is 4. The average Bonchev–Trinajstić information content (AvgIpc) is 2.57. The zero-order valence-electron chi connectivity index (χ0n) is 12.6. The molecule has 1 aromatic rings. The van der Waals surface area contributed by atoms with E-state index in [1.54, 1.807) is 0 Å². The Bertz CT molecular complexity index is 874. The number of carbonyl (C=O) groups excluding carboxylic acids is 2. The highest BCUT2D eigenvalue weighted by Gasteiger charge is 2.48. The van der Waals surface area contributed by atoms with Gasteiger partial charge in [0.05, 0.1) is 15.6 Å². The molecule has 0 saturated heterocycles. The van der Waals surface area contributed by atoms with Crippen molar-refractivity contribution in [3.63, 3.8) is 0 Å². The summed E-state index contributed by atoms with van der Waals surface area (Å²) < 4.78 is 43.2. The summed E-state index contributed by atoms with van der Waals surface area (Å²) in [6.45, 7) is 1.09. The van der Waals surface area contributed by atoms with Crippen LogP contribution < -0.4 is 0 Å². The van der Waals surface area contributed by atoms with Crippen molar-refractivity contribution < 1.29 is 32.6 Å². The Morgan fingerprint density at radius 3 is 2.28 bits per heavy atom. The van der Waals surface area contributed by atoms with Crippen LogP contribution in [0.5, 0.6) is 0 Å². The van der Waals surface area contributed by atoms with Crippen LogP contribution in [-0.4, -0.2) is 22.3 Å². The number of hydrogen-bond acceptors (Lipinski definition) is 4. The van der Waals surface area contributed by atoms with E-state index in [1.165, 1.54) is 18.2 Å². The fraction of sp³-hybridized carbons (Fsp3) is 0.176. The van der Waals surface area contributed by atoms with E-state index in [4.69, 9.17) is 4.74 Å². The molecule has 1 aliphatic carbocycles. The van der Waals surface area contributed by atoms with Gasteiger partial charge in [0.2, 0.25) is 11.6 Å². The van der Waals surface area contributed by atoms with Gasteiger partial charge in [-0.25, -0.2) is 0 Å². The topological polar surface area (TPSA) is 63.6 Å². The van der Waals surface area contributed by atoms with Gasteiger partial charge in [0.1, 0.15) is 12.0 Å². The number of benzene rings is 1. The largest absolute Gasteiger partial charge is 0.464 e. The fourth-order valence-corrected chi connectivity index (χ4v) is 3.18. The van der Waals surface area contributed by atoms with Crippen molar-refractivity contribution in [2.24, 2.45) is 0 Å². The number of allylic oxidation sites excluding steroid dienone is 2. The molecule has 8 heteroatoms. The molecule has 2 aliphatic rings.